The van der Waals surface area contributed by atoms with Crippen LogP contribution in [-0.2, 0) is 22.6 Å². The molecule has 2 aromatic rings. The lowest BCUT2D eigenvalue weighted by molar-refractivity contribution is -0.135. The van der Waals surface area contributed by atoms with E-state index in [1.54, 1.807) is 4.90 Å². The molecule has 2 aromatic carbocycles. The molecule has 29 heavy (non-hydrogen) atoms. The fraction of sp³-hybridized carbons (Fsp3) is 0.417. The van der Waals surface area contributed by atoms with Crippen LogP contribution in [0.25, 0.3) is 0 Å². The van der Waals surface area contributed by atoms with Crippen molar-refractivity contribution in [2.45, 2.75) is 39.2 Å². The minimum atomic E-state index is -0.256. The summed E-state index contributed by atoms with van der Waals surface area (Å²) in [6, 6.07) is 16.1. The maximum absolute atomic E-state index is 12.6. The van der Waals surface area contributed by atoms with Crippen LogP contribution in [0.3, 0.4) is 0 Å². The van der Waals surface area contributed by atoms with Gasteiger partial charge in [0.05, 0.1) is 0 Å². The van der Waals surface area contributed by atoms with Crippen LogP contribution in [0.4, 0.5) is 11.4 Å². The molecule has 0 saturated carbocycles. The van der Waals surface area contributed by atoms with Crippen LogP contribution in [0.5, 0.6) is 0 Å². The molecule has 4 rings (SSSR count). The summed E-state index contributed by atoms with van der Waals surface area (Å²) in [5, 5.41) is 2.86. The van der Waals surface area contributed by atoms with Crippen molar-refractivity contribution in [3.63, 3.8) is 0 Å². The van der Waals surface area contributed by atoms with Crippen LogP contribution in [0, 0.1) is 5.92 Å². The SMILES string of the molecule is CC1CCN(c2ccc(NC(=O)CC(=O)N3CCc4ccccc4C3)cc2)CC1. The Kier molecular flexibility index (Phi) is 5.84. The predicted molar refractivity (Wildman–Crippen MR) is 116 cm³/mol. The Morgan fingerprint density at radius 1 is 0.966 bits per heavy atom. The first kappa shape index (κ1) is 19.5. The first-order valence-corrected chi connectivity index (χ1v) is 10.6. The molecule has 5 nitrogen and oxygen atoms in total. The molecule has 1 saturated heterocycles. The van der Waals surface area contributed by atoms with E-state index in [2.05, 4.69) is 41.4 Å². The normalized spacial score (nSPS) is 17.0. The predicted octanol–water partition coefficient (Wildman–Crippen LogP) is 3.84. The van der Waals surface area contributed by atoms with Gasteiger partial charge in [-0.25, -0.2) is 0 Å². The molecule has 0 atom stereocenters. The van der Waals surface area contributed by atoms with Gasteiger partial charge in [0.1, 0.15) is 6.42 Å². The van der Waals surface area contributed by atoms with Gasteiger partial charge in [0, 0.05) is 37.6 Å². The Morgan fingerprint density at radius 3 is 2.38 bits per heavy atom. The van der Waals surface area contributed by atoms with Crippen molar-refractivity contribution >= 4 is 23.2 Å². The molecule has 1 N–H and O–H groups in total. The molecule has 0 radical (unpaired) electrons. The molecule has 2 aliphatic rings. The summed E-state index contributed by atoms with van der Waals surface area (Å²) < 4.78 is 0. The number of anilines is 2. The first-order chi connectivity index (χ1) is 14.1. The van der Waals surface area contributed by atoms with Crippen molar-refractivity contribution in [2.75, 3.05) is 29.9 Å². The number of hydrogen-bond donors (Lipinski definition) is 1. The molecule has 0 unspecified atom stereocenters. The Labute approximate surface area is 172 Å². The average Bonchev–Trinajstić information content (AvgIpc) is 2.74. The van der Waals surface area contributed by atoms with E-state index in [-0.39, 0.29) is 18.2 Å². The van der Waals surface area contributed by atoms with Gasteiger partial charge >= 0.3 is 0 Å². The van der Waals surface area contributed by atoms with Crippen molar-refractivity contribution in [1.29, 1.82) is 0 Å². The largest absolute Gasteiger partial charge is 0.372 e. The minimum Gasteiger partial charge on any atom is -0.372 e. The van der Waals surface area contributed by atoms with Crippen LogP contribution in [0.15, 0.2) is 48.5 Å². The second-order valence-electron chi connectivity index (χ2n) is 8.28. The van der Waals surface area contributed by atoms with E-state index in [0.29, 0.717) is 13.1 Å². The number of benzene rings is 2. The van der Waals surface area contributed by atoms with Crippen molar-refractivity contribution in [1.82, 2.24) is 4.90 Å². The summed E-state index contributed by atoms with van der Waals surface area (Å²) in [6.07, 6.45) is 3.18. The van der Waals surface area contributed by atoms with Gasteiger partial charge in [-0.2, -0.15) is 0 Å². The van der Waals surface area contributed by atoms with Gasteiger partial charge < -0.3 is 15.1 Å². The Bertz CT molecular complexity index is 870. The van der Waals surface area contributed by atoms with Crippen LogP contribution >= 0.6 is 0 Å². The lowest BCUT2D eigenvalue weighted by atomic mass is 9.99. The molecule has 2 heterocycles. The maximum atomic E-state index is 12.6. The van der Waals surface area contributed by atoms with Gasteiger partial charge in [-0.1, -0.05) is 31.2 Å². The summed E-state index contributed by atoms with van der Waals surface area (Å²) >= 11 is 0. The van der Waals surface area contributed by atoms with Crippen LogP contribution in [-0.4, -0.2) is 36.3 Å². The summed E-state index contributed by atoms with van der Waals surface area (Å²) in [4.78, 5) is 29.1. The number of hydrogen-bond acceptors (Lipinski definition) is 3. The lowest BCUT2D eigenvalue weighted by Gasteiger charge is -2.32. The molecule has 0 spiro atoms. The van der Waals surface area contributed by atoms with E-state index in [9.17, 15) is 9.59 Å². The van der Waals surface area contributed by atoms with Crippen molar-refractivity contribution in [3.05, 3.63) is 59.7 Å². The van der Waals surface area contributed by atoms with Crippen molar-refractivity contribution < 1.29 is 9.59 Å². The van der Waals surface area contributed by atoms with Crippen molar-refractivity contribution in [2.24, 2.45) is 5.92 Å². The maximum Gasteiger partial charge on any atom is 0.233 e. The molecule has 0 aliphatic carbocycles. The standard InChI is InChI=1S/C24H29N3O2/c1-18-10-13-26(14-11-18)22-8-6-21(7-9-22)25-23(28)16-24(29)27-15-12-19-4-2-3-5-20(19)17-27/h2-9,18H,10-17H2,1H3,(H,25,28). The summed E-state index contributed by atoms with van der Waals surface area (Å²) in [6.45, 7) is 5.73. The van der Waals surface area contributed by atoms with Gasteiger partial charge in [-0.15, -0.1) is 0 Å². The first-order valence-electron chi connectivity index (χ1n) is 10.6. The Morgan fingerprint density at radius 2 is 1.66 bits per heavy atom. The second-order valence-corrected chi connectivity index (χ2v) is 8.28. The topological polar surface area (TPSA) is 52.7 Å². The summed E-state index contributed by atoms with van der Waals surface area (Å²) in [5.74, 6) is 0.431. The monoisotopic (exact) mass is 391 g/mol. The zero-order valence-corrected chi connectivity index (χ0v) is 17.1. The fourth-order valence-corrected chi connectivity index (χ4v) is 4.19. The lowest BCUT2D eigenvalue weighted by Crippen LogP contribution is -2.37. The summed E-state index contributed by atoms with van der Waals surface area (Å²) in [5.41, 5.74) is 4.40. The number of nitrogens with zero attached hydrogens (tertiary/aromatic N) is 2. The van der Waals surface area contributed by atoms with Gasteiger partial charge in [0.25, 0.3) is 0 Å². The van der Waals surface area contributed by atoms with E-state index < -0.39 is 0 Å². The average molecular weight is 392 g/mol. The smallest absolute Gasteiger partial charge is 0.233 e. The quantitative estimate of drug-likeness (QED) is 0.806. The number of carbonyl (C=O) groups is 2. The zero-order valence-electron chi connectivity index (χ0n) is 17.1. The highest BCUT2D eigenvalue weighted by Gasteiger charge is 2.22. The Balaban J connectivity index is 1.29. The van der Waals surface area contributed by atoms with E-state index in [0.717, 1.165) is 31.1 Å². The Hall–Kier alpha value is -2.82. The molecule has 152 valence electrons. The molecular weight excluding hydrogens is 362 g/mol. The van der Waals surface area contributed by atoms with Gasteiger partial charge in [-0.3, -0.25) is 9.59 Å². The fourth-order valence-electron chi connectivity index (χ4n) is 4.19. The van der Waals surface area contributed by atoms with E-state index >= 15 is 0 Å². The highest BCUT2D eigenvalue weighted by atomic mass is 16.2. The molecule has 0 aromatic heterocycles. The van der Waals surface area contributed by atoms with E-state index in [1.165, 1.54) is 29.7 Å². The van der Waals surface area contributed by atoms with Gasteiger partial charge in [0.2, 0.25) is 11.8 Å². The van der Waals surface area contributed by atoms with Crippen LogP contribution in [0.1, 0.15) is 37.3 Å². The van der Waals surface area contributed by atoms with Crippen LogP contribution < -0.4 is 10.2 Å². The molecule has 0 bridgehead atoms. The third-order valence-corrected chi connectivity index (χ3v) is 6.09. The van der Waals surface area contributed by atoms with E-state index in [4.69, 9.17) is 0 Å². The van der Waals surface area contributed by atoms with Crippen molar-refractivity contribution in [3.8, 4) is 0 Å². The number of fused-ring (bicyclic) bond motifs is 1. The number of carbonyl (C=O) groups excluding carboxylic acids is 2. The zero-order chi connectivity index (χ0) is 20.2. The molecular formula is C24H29N3O2. The number of piperidine rings is 1. The summed E-state index contributed by atoms with van der Waals surface area (Å²) in [7, 11) is 0. The number of nitrogens with one attached hydrogen (secondary N) is 1. The molecule has 1 fully saturated rings. The highest BCUT2D eigenvalue weighted by molar-refractivity contribution is 6.03. The molecule has 2 amide bonds. The van der Waals surface area contributed by atoms with Crippen LogP contribution in [0.2, 0.25) is 0 Å². The highest BCUT2D eigenvalue weighted by Crippen LogP contribution is 2.24. The third-order valence-electron chi connectivity index (χ3n) is 6.09. The molecule has 2 aliphatic heterocycles. The van der Waals surface area contributed by atoms with Gasteiger partial charge in [0.15, 0.2) is 0 Å². The number of amides is 2. The third kappa shape index (κ3) is 4.78. The minimum absolute atomic E-state index is 0.115. The molecule has 5 heteroatoms. The second kappa shape index (κ2) is 8.68. The number of rotatable bonds is 4. The van der Waals surface area contributed by atoms with Gasteiger partial charge in [-0.05, 0) is 60.6 Å². The van der Waals surface area contributed by atoms with E-state index in [1.807, 2.05) is 24.3 Å².